The molecule has 4 atom stereocenters. The molecule has 1 aliphatic heterocycles. The zero-order valence-corrected chi connectivity index (χ0v) is 16.1. The van der Waals surface area contributed by atoms with Gasteiger partial charge < -0.3 is 14.6 Å². The highest BCUT2D eigenvalue weighted by molar-refractivity contribution is 5.66. The van der Waals surface area contributed by atoms with Crippen molar-refractivity contribution in [3.05, 3.63) is 42.5 Å². The summed E-state index contributed by atoms with van der Waals surface area (Å²) in [6, 6.07) is 9.94. The monoisotopic (exact) mass is 372 g/mol. The lowest BCUT2D eigenvalue weighted by molar-refractivity contribution is -0.138. The van der Waals surface area contributed by atoms with Crippen molar-refractivity contribution in [1.29, 1.82) is 0 Å². The molecule has 2 aliphatic rings. The molecule has 1 aliphatic carbocycles. The van der Waals surface area contributed by atoms with E-state index in [9.17, 15) is 4.79 Å². The lowest BCUT2D eigenvalue weighted by Crippen LogP contribution is -2.30. The van der Waals surface area contributed by atoms with Gasteiger partial charge in [0.25, 0.3) is 0 Å². The SMILES string of the molecule is O=C(O)CC[C@H]1CCCC[C@H]2[C@H](CC[C@@H]2/C=C/CCOc2ccccc2)O1. The molecule has 1 heterocycles. The highest BCUT2D eigenvalue weighted by Crippen LogP contribution is 2.41. The Labute approximate surface area is 162 Å². The summed E-state index contributed by atoms with van der Waals surface area (Å²) in [6.45, 7) is 0.703. The van der Waals surface area contributed by atoms with Gasteiger partial charge in [-0.25, -0.2) is 0 Å². The number of para-hydroxylation sites is 1. The van der Waals surface area contributed by atoms with Crippen LogP contribution in [0, 0.1) is 11.8 Å². The van der Waals surface area contributed by atoms with Crippen LogP contribution >= 0.6 is 0 Å². The Morgan fingerprint density at radius 3 is 2.78 bits per heavy atom. The van der Waals surface area contributed by atoms with Gasteiger partial charge in [0, 0.05) is 6.42 Å². The Hall–Kier alpha value is -1.81. The van der Waals surface area contributed by atoms with E-state index in [-0.39, 0.29) is 12.5 Å². The van der Waals surface area contributed by atoms with Crippen LogP contribution in [0.3, 0.4) is 0 Å². The number of carbonyl (C=O) groups is 1. The zero-order valence-electron chi connectivity index (χ0n) is 16.1. The molecule has 148 valence electrons. The van der Waals surface area contributed by atoms with E-state index >= 15 is 0 Å². The maximum absolute atomic E-state index is 10.9. The smallest absolute Gasteiger partial charge is 0.303 e. The number of ether oxygens (including phenoxy) is 2. The molecule has 0 aromatic heterocycles. The fourth-order valence-corrected chi connectivity index (χ4v) is 4.47. The molecule has 1 aromatic carbocycles. The van der Waals surface area contributed by atoms with Gasteiger partial charge in [0.05, 0.1) is 18.8 Å². The first-order chi connectivity index (χ1) is 13.2. The molecule has 1 saturated heterocycles. The second-order valence-corrected chi connectivity index (χ2v) is 7.80. The molecule has 0 spiro atoms. The van der Waals surface area contributed by atoms with Gasteiger partial charge in [-0.15, -0.1) is 0 Å². The standard InChI is InChI=1S/C23H32O4/c24-23(25)16-14-20-11-4-5-12-21-18(13-15-22(21)27-20)8-6-7-17-26-19-9-2-1-3-10-19/h1-3,6,8-10,18,20-22H,4-5,7,11-17H2,(H,24,25)/b8-6+/t18-,20+,21+,22-/m0/s1. The van der Waals surface area contributed by atoms with Crippen molar-refractivity contribution in [2.45, 2.75) is 70.0 Å². The minimum absolute atomic E-state index is 0.121. The van der Waals surface area contributed by atoms with E-state index in [2.05, 4.69) is 12.2 Å². The first-order valence-corrected chi connectivity index (χ1v) is 10.4. The fourth-order valence-electron chi connectivity index (χ4n) is 4.47. The predicted molar refractivity (Wildman–Crippen MR) is 106 cm³/mol. The Morgan fingerprint density at radius 1 is 1.15 bits per heavy atom. The molecule has 4 heteroatoms. The number of carboxylic acids is 1. The van der Waals surface area contributed by atoms with E-state index in [4.69, 9.17) is 14.6 Å². The fraction of sp³-hybridized carbons (Fsp3) is 0.609. The number of aliphatic carboxylic acids is 1. The highest BCUT2D eigenvalue weighted by atomic mass is 16.5. The second-order valence-electron chi connectivity index (χ2n) is 7.80. The molecule has 0 amide bonds. The molecule has 3 rings (SSSR count). The van der Waals surface area contributed by atoms with E-state index in [1.807, 2.05) is 30.3 Å². The molecular formula is C23H32O4. The average molecular weight is 373 g/mol. The molecule has 1 saturated carbocycles. The van der Waals surface area contributed by atoms with Gasteiger partial charge in [0.15, 0.2) is 0 Å². The summed E-state index contributed by atoms with van der Waals surface area (Å²) >= 11 is 0. The van der Waals surface area contributed by atoms with Gasteiger partial charge in [0.2, 0.25) is 0 Å². The minimum Gasteiger partial charge on any atom is -0.493 e. The maximum Gasteiger partial charge on any atom is 0.303 e. The summed E-state index contributed by atoms with van der Waals surface area (Å²) in [7, 11) is 0. The van der Waals surface area contributed by atoms with Crippen molar-refractivity contribution in [3.8, 4) is 5.75 Å². The van der Waals surface area contributed by atoms with E-state index in [0.29, 0.717) is 31.0 Å². The van der Waals surface area contributed by atoms with Crippen molar-refractivity contribution in [2.24, 2.45) is 11.8 Å². The largest absolute Gasteiger partial charge is 0.493 e. The lowest BCUT2D eigenvalue weighted by atomic mass is 9.87. The molecule has 1 aromatic rings. The van der Waals surface area contributed by atoms with Crippen molar-refractivity contribution < 1.29 is 19.4 Å². The van der Waals surface area contributed by atoms with Crippen LogP contribution in [-0.2, 0) is 9.53 Å². The third-order valence-electron chi connectivity index (χ3n) is 5.85. The highest BCUT2D eigenvalue weighted by Gasteiger charge is 2.37. The summed E-state index contributed by atoms with van der Waals surface area (Å²) in [4.78, 5) is 10.9. The van der Waals surface area contributed by atoms with Crippen LogP contribution in [0.15, 0.2) is 42.5 Å². The van der Waals surface area contributed by atoms with Crippen LogP contribution in [0.5, 0.6) is 5.75 Å². The molecule has 4 nitrogen and oxygen atoms in total. The van der Waals surface area contributed by atoms with E-state index in [1.165, 1.54) is 19.3 Å². The van der Waals surface area contributed by atoms with Crippen LogP contribution in [0.4, 0.5) is 0 Å². The second kappa shape index (κ2) is 10.5. The van der Waals surface area contributed by atoms with E-state index < -0.39 is 5.97 Å². The molecule has 0 unspecified atom stereocenters. The van der Waals surface area contributed by atoms with Crippen molar-refractivity contribution >= 4 is 5.97 Å². The third kappa shape index (κ3) is 6.39. The normalized spacial score (nSPS) is 28.4. The number of fused-ring (bicyclic) bond motifs is 1. The van der Waals surface area contributed by atoms with E-state index in [0.717, 1.165) is 31.4 Å². The summed E-state index contributed by atoms with van der Waals surface area (Å²) in [5, 5.41) is 8.94. The third-order valence-corrected chi connectivity index (χ3v) is 5.85. The van der Waals surface area contributed by atoms with Gasteiger partial charge in [0.1, 0.15) is 5.75 Å². The van der Waals surface area contributed by atoms with Crippen LogP contribution in [0.2, 0.25) is 0 Å². The summed E-state index contributed by atoms with van der Waals surface area (Å²) in [6.07, 6.45) is 13.7. The van der Waals surface area contributed by atoms with Crippen molar-refractivity contribution in [3.63, 3.8) is 0 Å². The number of allylic oxidation sites excluding steroid dienone is 1. The summed E-state index contributed by atoms with van der Waals surface area (Å²) in [5.74, 6) is 1.38. The Bertz CT molecular complexity index is 598. The summed E-state index contributed by atoms with van der Waals surface area (Å²) < 4.78 is 12.1. The molecule has 2 fully saturated rings. The van der Waals surface area contributed by atoms with Gasteiger partial charge in [-0.05, 0) is 62.5 Å². The predicted octanol–water partition coefficient (Wildman–Crippen LogP) is 5.23. The maximum atomic E-state index is 10.9. The van der Waals surface area contributed by atoms with Crippen molar-refractivity contribution in [2.75, 3.05) is 6.61 Å². The molecule has 27 heavy (non-hydrogen) atoms. The molecule has 0 radical (unpaired) electrons. The summed E-state index contributed by atoms with van der Waals surface area (Å²) in [5.41, 5.74) is 0. The van der Waals surface area contributed by atoms with Gasteiger partial charge in [-0.2, -0.15) is 0 Å². The average Bonchev–Trinajstić information content (AvgIpc) is 3.01. The quantitative estimate of drug-likeness (QED) is 0.501. The van der Waals surface area contributed by atoms with Gasteiger partial charge in [-0.1, -0.05) is 43.2 Å². The lowest BCUT2D eigenvalue weighted by Gasteiger charge is -2.31. The Kier molecular flexibility index (Phi) is 7.76. The van der Waals surface area contributed by atoms with E-state index in [1.54, 1.807) is 0 Å². The van der Waals surface area contributed by atoms with Gasteiger partial charge in [-0.3, -0.25) is 4.79 Å². The topological polar surface area (TPSA) is 55.8 Å². The number of hydrogen-bond acceptors (Lipinski definition) is 3. The zero-order chi connectivity index (χ0) is 18.9. The molecular weight excluding hydrogens is 340 g/mol. The van der Waals surface area contributed by atoms with Gasteiger partial charge >= 0.3 is 5.97 Å². The van der Waals surface area contributed by atoms with Crippen LogP contribution in [-0.4, -0.2) is 29.9 Å². The molecule has 0 bridgehead atoms. The Morgan fingerprint density at radius 2 is 1.96 bits per heavy atom. The number of benzene rings is 1. The number of hydrogen-bond donors (Lipinski definition) is 1. The minimum atomic E-state index is -0.720. The Balaban J connectivity index is 1.44. The van der Waals surface area contributed by atoms with Crippen LogP contribution < -0.4 is 4.74 Å². The number of carboxylic acid groups (broad SMARTS) is 1. The van der Waals surface area contributed by atoms with Crippen LogP contribution in [0.25, 0.3) is 0 Å². The first kappa shape index (κ1) is 19.9. The van der Waals surface area contributed by atoms with Crippen molar-refractivity contribution in [1.82, 2.24) is 0 Å². The van der Waals surface area contributed by atoms with Crippen LogP contribution in [0.1, 0.15) is 57.8 Å². The molecule has 1 N–H and O–H groups in total. The first-order valence-electron chi connectivity index (χ1n) is 10.4. The number of rotatable bonds is 8.